The van der Waals surface area contributed by atoms with Gasteiger partial charge < -0.3 is 0 Å². The Morgan fingerprint density at radius 2 is 1.58 bits per heavy atom. The van der Waals surface area contributed by atoms with Gasteiger partial charge in [0.2, 0.25) is 0 Å². The van der Waals surface area contributed by atoms with E-state index < -0.39 is 0 Å². The maximum absolute atomic E-state index is 8.90. The van der Waals surface area contributed by atoms with Crippen molar-refractivity contribution in [1.29, 1.82) is 15.8 Å². The quantitative estimate of drug-likeness (QED) is 0.595. The number of allylic oxidation sites excluding steroid dienone is 5. The van der Waals surface area contributed by atoms with Gasteiger partial charge in [-0.1, -0.05) is 35.7 Å². The summed E-state index contributed by atoms with van der Waals surface area (Å²) in [5.74, 6) is 0. The maximum atomic E-state index is 8.90. The van der Waals surface area contributed by atoms with Gasteiger partial charge in [-0.3, -0.25) is 9.97 Å². The summed E-state index contributed by atoms with van der Waals surface area (Å²) in [4.78, 5) is 8.59. The van der Waals surface area contributed by atoms with E-state index in [2.05, 4.69) is 9.97 Å². The molecule has 0 fully saturated rings. The summed E-state index contributed by atoms with van der Waals surface area (Å²) in [6.07, 6.45) is 11.7. The Morgan fingerprint density at radius 3 is 2.17 bits per heavy atom. The van der Waals surface area contributed by atoms with Crippen LogP contribution in [-0.2, 0) is 0 Å². The van der Waals surface area contributed by atoms with Gasteiger partial charge in [0.25, 0.3) is 0 Å². The van der Waals surface area contributed by atoms with Gasteiger partial charge in [-0.05, 0) is 29.0 Å². The Bertz CT molecular complexity index is 859. The number of aromatic nitrogens is 2. The van der Waals surface area contributed by atoms with Crippen molar-refractivity contribution in [2.75, 3.05) is 0 Å². The Labute approximate surface area is 148 Å². The van der Waals surface area contributed by atoms with Gasteiger partial charge in [-0.2, -0.15) is 15.8 Å². The summed E-state index contributed by atoms with van der Waals surface area (Å²) in [5.41, 5.74) is 1.26. The molecule has 0 amide bonds. The van der Waals surface area contributed by atoms with Crippen molar-refractivity contribution < 1.29 is 0 Å². The Kier molecular flexibility index (Phi) is 6.61. The van der Waals surface area contributed by atoms with Crippen molar-refractivity contribution in [3.05, 3.63) is 68.2 Å². The van der Waals surface area contributed by atoms with Crippen LogP contribution in [0.5, 0.6) is 0 Å². The van der Waals surface area contributed by atoms with Gasteiger partial charge in [0.05, 0.1) is 33.6 Å². The second-order valence-corrected chi connectivity index (χ2v) is 6.33. The number of rotatable bonds is 4. The van der Waals surface area contributed by atoms with E-state index in [1.54, 1.807) is 66.3 Å². The smallest absolute Gasteiger partial charge is 0.147 e. The molecule has 1 aromatic heterocycles. The molecule has 0 radical (unpaired) electrons. The molecule has 0 atom stereocenters. The fourth-order valence-corrected chi connectivity index (χ4v) is 3.19. The lowest BCUT2D eigenvalue weighted by molar-refractivity contribution is 1.16. The molecule has 1 aliphatic heterocycles. The Balaban J connectivity index is 2.03. The van der Waals surface area contributed by atoms with Crippen LogP contribution in [0.1, 0.15) is 11.4 Å². The average molecular weight is 347 g/mol. The summed E-state index contributed by atoms with van der Waals surface area (Å²) in [5, 5.41) is 30.4. The zero-order chi connectivity index (χ0) is 17.2. The highest BCUT2D eigenvalue weighted by atomic mass is 32.2. The van der Waals surface area contributed by atoms with Crippen molar-refractivity contribution in [3.63, 3.8) is 0 Å². The Morgan fingerprint density at radius 1 is 0.917 bits per heavy atom. The van der Waals surface area contributed by atoms with E-state index in [0.717, 1.165) is 9.93 Å². The average Bonchev–Trinajstić information content (AvgIpc) is 3.12. The van der Waals surface area contributed by atoms with Crippen LogP contribution in [0.3, 0.4) is 0 Å². The van der Waals surface area contributed by atoms with Gasteiger partial charge in [0, 0.05) is 0 Å². The second kappa shape index (κ2) is 9.17. The van der Waals surface area contributed by atoms with Crippen LogP contribution in [0.4, 0.5) is 0 Å². The highest BCUT2D eigenvalue weighted by molar-refractivity contribution is 8.27. The lowest BCUT2D eigenvalue weighted by atomic mass is 10.1. The molecule has 7 heteroatoms. The molecule has 0 bridgehead atoms. The van der Waals surface area contributed by atoms with E-state index in [1.165, 1.54) is 6.08 Å². The topological polar surface area (TPSA) is 97.2 Å². The number of hydrogen-bond acceptors (Lipinski definition) is 7. The summed E-state index contributed by atoms with van der Waals surface area (Å²) in [6.45, 7) is 0. The fourth-order valence-electron chi connectivity index (χ4n) is 1.54. The first-order valence-electron chi connectivity index (χ1n) is 6.58. The molecule has 114 valence electrons. The molecular formula is C17H9N5S2. The maximum Gasteiger partial charge on any atom is 0.147 e. The second-order valence-electron chi connectivity index (χ2n) is 4.18. The third kappa shape index (κ3) is 5.00. The fraction of sp³-hybridized carbons (Fsp3) is 0. The number of thioether (sulfide) groups is 2. The molecule has 5 nitrogen and oxygen atoms in total. The van der Waals surface area contributed by atoms with Crippen LogP contribution in [0.2, 0.25) is 0 Å². The van der Waals surface area contributed by atoms with Gasteiger partial charge >= 0.3 is 0 Å². The largest absolute Gasteiger partial charge is 0.253 e. The van der Waals surface area contributed by atoms with Gasteiger partial charge in [-0.25, -0.2) is 0 Å². The molecule has 0 aliphatic carbocycles. The van der Waals surface area contributed by atoms with Crippen LogP contribution in [-0.4, -0.2) is 9.97 Å². The molecule has 24 heavy (non-hydrogen) atoms. The molecule has 0 N–H and O–H groups in total. The molecule has 0 saturated carbocycles. The summed E-state index contributed by atoms with van der Waals surface area (Å²) < 4.78 is 1.15. The molecule has 0 aromatic carbocycles. The minimum absolute atomic E-state index is 0.0258. The molecule has 1 aliphatic rings. The first-order valence-corrected chi connectivity index (χ1v) is 8.34. The van der Waals surface area contributed by atoms with Gasteiger partial charge in [-0.15, -0.1) is 0 Å². The van der Waals surface area contributed by atoms with Crippen LogP contribution in [0.15, 0.2) is 56.8 Å². The van der Waals surface area contributed by atoms with Crippen LogP contribution >= 0.6 is 23.5 Å². The van der Waals surface area contributed by atoms with E-state index in [9.17, 15) is 0 Å². The van der Waals surface area contributed by atoms with Crippen molar-refractivity contribution in [2.45, 2.75) is 0 Å². The molecule has 1 aromatic rings. The number of nitriles is 3. The van der Waals surface area contributed by atoms with Crippen LogP contribution in [0, 0.1) is 34.0 Å². The molecule has 2 rings (SSSR count). The highest BCUT2D eigenvalue weighted by Gasteiger charge is 2.02. The number of hydrogen-bond donors (Lipinski definition) is 0. The van der Waals surface area contributed by atoms with Crippen molar-refractivity contribution in [2.24, 2.45) is 0 Å². The van der Waals surface area contributed by atoms with Crippen LogP contribution < -0.4 is 0 Å². The van der Waals surface area contributed by atoms with Crippen molar-refractivity contribution >= 4 is 35.7 Å². The van der Waals surface area contributed by atoms with Gasteiger partial charge in [0.1, 0.15) is 23.8 Å². The van der Waals surface area contributed by atoms with E-state index in [0.29, 0.717) is 5.69 Å². The highest BCUT2D eigenvalue weighted by Crippen LogP contribution is 2.38. The first kappa shape index (κ1) is 17.3. The first-order chi connectivity index (χ1) is 11.8. The van der Waals surface area contributed by atoms with Crippen molar-refractivity contribution in [3.8, 4) is 18.2 Å². The monoisotopic (exact) mass is 347 g/mol. The van der Waals surface area contributed by atoms with Crippen molar-refractivity contribution in [1.82, 2.24) is 9.97 Å². The standard InChI is InChI=1S/C17H9N5S2/c18-8-13(14(9-19)10-20)3-1-2-4-15-11-22-16(12-21-15)7-17-23-5-6-24-17/h1-7,11-12H/b3-1+,4-2+. The molecule has 0 spiro atoms. The van der Waals surface area contributed by atoms with E-state index in [-0.39, 0.29) is 11.1 Å². The number of nitrogens with zero attached hydrogens (tertiary/aromatic N) is 5. The van der Waals surface area contributed by atoms with E-state index in [1.807, 2.05) is 23.0 Å². The normalized spacial score (nSPS) is 12.8. The predicted octanol–water partition coefficient (Wildman–Crippen LogP) is 4.16. The molecular weight excluding hydrogens is 338 g/mol. The van der Waals surface area contributed by atoms with Crippen LogP contribution in [0.25, 0.3) is 12.2 Å². The zero-order valence-electron chi connectivity index (χ0n) is 12.2. The minimum atomic E-state index is -0.212. The van der Waals surface area contributed by atoms with Gasteiger partial charge in [0.15, 0.2) is 0 Å². The lowest BCUT2D eigenvalue weighted by Crippen LogP contribution is -1.86. The molecule has 0 unspecified atom stereocenters. The molecule has 2 heterocycles. The Hall–Kier alpha value is -3.05. The summed E-state index contributed by atoms with van der Waals surface area (Å²) >= 11 is 3.29. The minimum Gasteiger partial charge on any atom is -0.253 e. The SMILES string of the molecule is N#CC(C#N)=C(C#N)/C=C/C=C/c1cnc(C=C2SC=CS2)cn1. The lowest BCUT2D eigenvalue weighted by Gasteiger charge is -1.96. The zero-order valence-corrected chi connectivity index (χ0v) is 13.9. The molecule has 0 saturated heterocycles. The summed E-state index contributed by atoms with van der Waals surface area (Å²) in [7, 11) is 0. The van der Waals surface area contributed by atoms with E-state index in [4.69, 9.17) is 15.8 Å². The summed E-state index contributed by atoms with van der Waals surface area (Å²) in [6, 6.07) is 5.18. The third-order valence-corrected chi connectivity index (χ3v) is 4.63. The predicted molar refractivity (Wildman–Crippen MR) is 96.4 cm³/mol. The van der Waals surface area contributed by atoms with E-state index >= 15 is 0 Å². The third-order valence-electron chi connectivity index (χ3n) is 2.64.